The SMILES string of the molecule is CCOC(=O)c1occ2c1CCC2. The lowest BCUT2D eigenvalue weighted by Gasteiger charge is -1.99. The maximum absolute atomic E-state index is 11.3. The van der Waals surface area contributed by atoms with Gasteiger partial charge in [0, 0.05) is 5.56 Å². The first kappa shape index (κ1) is 8.35. The van der Waals surface area contributed by atoms with Gasteiger partial charge in [-0.05, 0) is 31.7 Å². The van der Waals surface area contributed by atoms with Crippen molar-refractivity contribution in [2.75, 3.05) is 6.61 Å². The van der Waals surface area contributed by atoms with Crippen molar-refractivity contribution in [3.8, 4) is 0 Å². The van der Waals surface area contributed by atoms with Crippen LogP contribution >= 0.6 is 0 Å². The molecule has 0 saturated heterocycles. The average molecular weight is 180 g/mol. The lowest BCUT2D eigenvalue weighted by molar-refractivity contribution is 0.0488. The molecule has 1 aromatic rings. The molecule has 0 fully saturated rings. The molecule has 0 atom stereocenters. The van der Waals surface area contributed by atoms with Gasteiger partial charge in [0.1, 0.15) is 0 Å². The average Bonchev–Trinajstić information content (AvgIpc) is 2.62. The zero-order valence-electron chi connectivity index (χ0n) is 7.63. The minimum absolute atomic E-state index is 0.328. The smallest absolute Gasteiger partial charge is 0.374 e. The second-order valence-electron chi connectivity index (χ2n) is 3.14. The molecule has 13 heavy (non-hydrogen) atoms. The van der Waals surface area contributed by atoms with Crippen LogP contribution in [0.3, 0.4) is 0 Å². The van der Waals surface area contributed by atoms with E-state index in [1.807, 2.05) is 0 Å². The monoisotopic (exact) mass is 180 g/mol. The lowest BCUT2D eigenvalue weighted by Crippen LogP contribution is -2.05. The molecule has 70 valence electrons. The molecule has 1 aliphatic carbocycles. The number of hydrogen-bond acceptors (Lipinski definition) is 3. The van der Waals surface area contributed by atoms with Gasteiger partial charge in [-0.15, -0.1) is 0 Å². The largest absolute Gasteiger partial charge is 0.460 e. The van der Waals surface area contributed by atoms with E-state index >= 15 is 0 Å². The fourth-order valence-corrected chi connectivity index (χ4v) is 1.73. The molecule has 3 nitrogen and oxygen atoms in total. The molecule has 0 aliphatic heterocycles. The van der Waals surface area contributed by atoms with Gasteiger partial charge in [0.05, 0.1) is 12.9 Å². The topological polar surface area (TPSA) is 39.4 Å². The van der Waals surface area contributed by atoms with Crippen LogP contribution in [0.4, 0.5) is 0 Å². The zero-order valence-corrected chi connectivity index (χ0v) is 7.63. The first-order valence-electron chi connectivity index (χ1n) is 4.59. The van der Waals surface area contributed by atoms with E-state index in [2.05, 4.69) is 0 Å². The summed E-state index contributed by atoms with van der Waals surface area (Å²) in [5.41, 5.74) is 2.22. The number of carbonyl (C=O) groups excluding carboxylic acids is 1. The third kappa shape index (κ3) is 1.34. The quantitative estimate of drug-likeness (QED) is 0.653. The fourth-order valence-electron chi connectivity index (χ4n) is 1.73. The van der Waals surface area contributed by atoms with Crippen molar-refractivity contribution in [2.45, 2.75) is 26.2 Å². The number of furan rings is 1. The summed E-state index contributed by atoms with van der Waals surface area (Å²) in [7, 11) is 0. The molecule has 0 saturated carbocycles. The first-order chi connectivity index (χ1) is 6.33. The van der Waals surface area contributed by atoms with Gasteiger partial charge in [0.15, 0.2) is 0 Å². The van der Waals surface area contributed by atoms with Gasteiger partial charge in [-0.2, -0.15) is 0 Å². The molecule has 3 heteroatoms. The molecule has 2 rings (SSSR count). The van der Waals surface area contributed by atoms with Gasteiger partial charge < -0.3 is 9.15 Å². The van der Waals surface area contributed by atoms with Gasteiger partial charge in [-0.25, -0.2) is 4.79 Å². The molecule has 0 unspecified atom stereocenters. The van der Waals surface area contributed by atoms with Gasteiger partial charge in [0.2, 0.25) is 5.76 Å². The van der Waals surface area contributed by atoms with Gasteiger partial charge >= 0.3 is 5.97 Å². The highest BCUT2D eigenvalue weighted by Crippen LogP contribution is 2.27. The van der Waals surface area contributed by atoms with E-state index < -0.39 is 0 Å². The van der Waals surface area contributed by atoms with Crippen LogP contribution in [0.15, 0.2) is 10.7 Å². The summed E-state index contributed by atoms with van der Waals surface area (Å²) in [4.78, 5) is 11.3. The summed E-state index contributed by atoms with van der Waals surface area (Å²) in [5, 5.41) is 0. The number of aryl methyl sites for hydroxylation is 1. The molecule has 0 N–H and O–H groups in total. The zero-order chi connectivity index (χ0) is 9.26. The number of fused-ring (bicyclic) bond motifs is 1. The summed E-state index contributed by atoms with van der Waals surface area (Å²) in [6, 6.07) is 0. The first-order valence-corrected chi connectivity index (χ1v) is 4.59. The van der Waals surface area contributed by atoms with Crippen molar-refractivity contribution in [1.29, 1.82) is 0 Å². The highest BCUT2D eigenvalue weighted by molar-refractivity contribution is 5.88. The Morgan fingerprint density at radius 1 is 1.62 bits per heavy atom. The maximum Gasteiger partial charge on any atom is 0.374 e. The van der Waals surface area contributed by atoms with Crippen LogP contribution in [0.5, 0.6) is 0 Å². The third-order valence-corrected chi connectivity index (χ3v) is 2.31. The molecule has 0 aromatic carbocycles. The predicted molar refractivity (Wildman–Crippen MR) is 46.7 cm³/mol. The van der Waals surface area contributed by atoms with E-state index in [1.165, 1.54) is 5.56 Å². The van der Waals surface area contributed by atoms with E-state index in [4.69, 9.17) is 9.15 Å². The highest BCUT2D eigenvalue weighted by Gasteiger charge is 2.23. The van der Waals surface area contributed by atoms with E-state index in [-0.39, 0.29) is 5.97 Å². The Kier molecular flexibility index (Phi) is 2.08. The second kappa shape index (κ2) is 3.24. The number of carbonyl (C=O) groups is 1. The minimum atomic E-state index is -0.328. The summed E-state index contributed by atoms with van der Waals surface area (Å²) in [6.45, 7) is 2.19. The molecular formula is C10H12O3. The van der Waals surface area contributed by atoms with E-state index in [0.29, 0.717) is 12.4 Å². The number of esters is 1. The summed E-state index contributed by atoms with van der Waals surface area (Å²) in [5.74, 6) is 0.0833. The van der Waals surface area contributed by atoms with Crippen LogP contribution in [-0.2, 0) is 17.6 Å². The van der Waals surface area contributed by atoms with Crippen molar-refractivity contribution in [1.82, 2.24) is 0 Å². The molecular weight excluding hydrogens is 168 g/mol. The Bertz CT molecular complexity index is 325. The van der Waals surface area contributed by atoms with Gasteiger partial charge in [-0.1, -0.05) is 0 Å². The maximum atomic E-state index is 11.3. The molecule has 0 amide bonds. The number of ether oxygens (including phenoxy) is 1. The molecule has 1 aromatic heterocycles. The van der Waals surface area contributed by atoms with Crippen LogP contribution in [0.2, 0.25) is 0 Å². The van der Waals surface area contributed by atoms with Crippen LogP contribution < -0.4 is 0 Å². The molecule has 0 bridgehead atoms. The van der Waals surface area contributed by atoms with Crippen molar-refractivity contribution in [2.24, 2.45) is 0 Å². The fraction of sp³-hybridized carbons (Fsp3) is 0.500. The Labute approximate surface area is 76.7 Å². The normalized spacial score (nSPS) is 14.2. The van der Waals surface area contributed by atoms with Crippen LogP contribution in [-0.4, -0.2) is 12.6 Å². The molecule has 0 spiro atoms. The van der Waals surface area contributed by atoms with Crippen molar-refractivity contribution in [3.05, 3.63) is 23.2 Å². The molecule has 1 heterocycles. The third-order valence-electron chi connectivity index (χ3n) is 2.31. The summed E-state index contributed by atoms with van der Waals surface area (Å²) < 4.78 is 10.1. The Morgan fingerprint density at radius 2 is 2.46 bits per heavy atom. The summed E-state index contributed by atoms with van der Waals surface area (Å²) >= 11 is 0. The van der Waals surface area contributed by atoms with Gasteiger partial charge in [-0.3, -0.25) is 0 Å². The second-order valence-corrected chi connectivity index (χ2v) is 3.14. The summed E-state index contributed by atoms with van der Waals surface area (Å²) in [6.07, 6.45) is 4.76. The minimum Gasteiger partial charge on any atom is -0.460 e. The number of hydrogen-bond donors (Lipinski definition) is 0. The number of rotatable bonds is 2. The lowest BCUT2D eigenvalue weighted by atomic mass is 10.2. The molecule has 1 aliphatic rings. The van der Waals surface area contributed by atoms with E-state index in [1.54, 1.807) is 13.2 Å². The highest BCUT2D eigenvalue weighted by atomic mass is 16.5. The molecule has 0 radical (unpaired) electrons. The standard InChI is InChI=1S/C10H12O3/c1-2-12-10(11)9-8-5-3-4-7(8)6-13-9/h6H,2-5H2,1H3. The Hall–Kier alpha value is -1.25. The van der Waals surface area contributed by atoms with Crippen molar-refractivity contribution < 1.29 is 13.9 Å². The van der Waals surface area contributed by atoms with E-state index in [9.17, 15) is 4.79 Å². The van der Waals surface area contributed by atoms with Crippen molar-refractivity contribution >= 4 is 5.97 Å². The van der Waals surface area contributed by atoms with Crippen LogP contribution in [0, 0.1) is 0 Å². The van der Waals surface area contributed by atoms with E-state index in [0.717, 1.165) is 24.8 Å². The predicted octanol–water partition coefficient (Wildman–Crippen LogP) is 1.95. The van der Waals surface area contributed by atoms with Gasteiger partial charge in [0.25, 0.3) is 0 Å². The Morgan fingerprint density at radius 3 is 3.23 bits per heavy atom. The van der Waals surface area contributed by atoms with Crippen LogP contribution in [0.25, 0.3) is 0 Å². The van der Waals surface area contributed by atoms with Crippen LogP contribution in [0.1, 0.15) is 35.0 Å². The Balaban J connectivity index is 2.26. The van der Waals surface area contributed by atoms with Crippen molar-refractivity contribution in [3.63, 3.8) is 0 Å².